The summed E-state index contributed by atoms with van der Waals surface area (Å²) in [5, 5.41) is 6.90. The van der Waals surface area contributed by atoms with Crippen LogP contribution in [0.3, 0.4) is 0 Å². The van der Waals surface area contributed by atoms with Gasteiger partial charge in [0.25, 0.3) is 12.3 Å². The van der Waals surface area contributed by atoms with Crippen molar-refractivity contribution in [2.45, 2.75) is 12.5 Å². The zero-order valence-corrected chi connectivity index (χ0v) is 17.1. The number of hydrogen-bond donors (Lipinski definition) is 2. The average Bonchev–Trinajstić information content (AvgIpc) is 3.16. The zero-order chi connectivity index (χ0) is 22.2. The molecule has 0 spiro atoms. The molecule has 1 saturated heterocycles. The molecule has 0 radical (unpaired) electrons. The van der Waals surface area contributed by atoms with Crippen molar-refractivity contribution in [1.82, 2.24) is 34.6 Å². The third kappa shape index (κ3) is 4.59. The Labute approximate surface area is 175 Å². The van der Waals surface area contributed by atoms with Crippen LogP contribution < -0.4 is 14.9 Å². The molecule has 31 heavy (non-hydrogen) atoms. The number of rotatable bonds is 5. The third-order valence-corrected chi connectivity index (χ3v) is 5.20. The van der Waals surface area contributed by atoms with Crippen LogP contribution in [-0.4, -0.2) is 70.8 Å². The number of carbonyl (C=O) groups is 1. The van der Waals surface area contributed by atoms with E-state index in [0.29, 0.717) is 35.9 Å². The van der Waals surface area contributed by atoms with Crippen LogP contribution in [-0.2, 0) is 14.8 Å². The standard InChI is InChI=1S/C17H18F2N8O3S/c1-31(29,30)25-17(28)12-8-26(5-4-20-12)15-6-11(22-9-23-15)13-7-21-14-3-2-10(16(18)19)24-27(13)14/h2-3,6-7,9,12,16,20H,4-5,8H2,1H3,(H,25,28). The molecule has 2 N–H and O–H groups in total. The van der Waals surface area contributed by atoms with Crippen molar-refractivity contribution in [3.8, 4) is 11.4 Å². The van der Waals surface area contributed by atoms with E-state index >= 15 is 0 Å². The molecule has 1 unspecified atom stereocenters. The van der Waals surface area contributed by atoms with E-state index in [1.165, 1.54) is 29.2 Å². The summed E-state index contributed by atoms with van der Waals surface area (Å²) in [4.78, 5) is 26.6. The van der Waals surface area contributed by atoms with E-state index in [9.17, 15) is 22.0 Å². The maximum absolute atomic E-state index is 13.0. The van der Waals surface area contributed by atoms with Gasteiger partial charge in [0.2, 0.25) is 10.0 Å². The Hall–Kier alpha value is -3.26. The molecule has 0 bridgehead atoms. The van der Waals surface area contributed by atoms with Gasteiger partial charge < -0.3 is 10.2 Å². The maximum Gasteiger partial charge on any atom is 0.282 e. The predicted molar refractivity (Wildman–Crippen MR) is 106 cm³/mol. The van der Waals surface area contributed by atoms with Gasteiger partial charge in [0, 0.05) is 25.7 Å². The highest BCUT2D eigenvalue weighted by Crippen LogP contribution is 2.24. The van der Waals surface area contributed by atoms with Crippen LogP contribution in [0.4, 0.5) is 14.6 Å². The molecule has 0 aromatic carbocycles. The van der Waals surface area contributed by atoms with E-state index in [0.717, 1.165) is 6.26 Å². The Balaban J connectivity index is 1.61. The first-order valence-electron chi connectivity index (χ1n) is 9.16. The summed E-state index contributed by atoms with van der Waals surface area (Å²) >= 11 is 0. The molecule has 0 saturated carbocycles. The van der Waals surface area contributed by atoms with Gasteiger partial charge in [0.1, 0.15) is 29.6 Å². The lowest BCUT2D eigenvalue weighted by molar-refractivity contribution is -0.121. The van der Waals surface area contributed by atoms with Crippen molar-refractivity contribution in [3.63, 3.8) is 0 Å². The lowest BCUT2D eigenvalue weighted by Gasteiger charge is -2.33. The second-order valence-electron chi connectivity index (χ2n) is 6.92. The minimum atomic E-state index is -3.68. The van der Waals surface area contributed by atoms with Crippen molar-refractivity contribution in [2.75, 3.05) is 30.8 Å². The fourth-order valence-electron chi connectivity index (χ4n) is 3.23. The van der Waals surface area contributed by atoms with E-state index in [-0.39, 0.29) is 12.2 Å². The minimum absolute atomic E-state index is 0.179. The van der Waals surface area contributed by atoms with E-state index < -0.39 is 28.4 Å². The number of piperazine rings is 1. The summed E-state index contributed by atoms with van der Waals surface area (Å²) in [5.74, 6) is -0.171. The smallest absolute Gasteiger partial charge is 0.282 e. The third-order valence-electron chi connectivity index (χ3n) is 4.62. The van der Waals surface area contributed by atoms with Gasteiger partial charge in [-0.15, -0.1) is 0 Å². The van der Waals surface area contributed by atoms with Crippen LogP contribution in [0.2, 0.25) is 0 Å². The first kappa shape index (κ1) is 21.0. The molecule has 3 aromatic heterocycles. The highest BCUT2D eigenvalue weighted by molar-refractivity contribution is 7.89. The number of hydrogen-bond acceptors (Lipinski definition) is 9. The van der Waals surface area contributed by atoms with Gasteiger partial charge >= 0.3 is 0 Å². The Morgan fingerprint density at radius 1 is 1.29 bits per heavy atom. The summed E-state index contributed by atoms with van der Waals surface area (Å²) in [6, 6.07) is 3.54. The SMILES string of the molecule is CS(=O)(=O)NC(=O)C1CN(c2cc(-c3cnc4ccc(C(F)F)nn34)ncn2)CCN1. The van der Waals surface area contributed by atoms with Crippen LogP contribution in [0.15, 0.2) is 30.7 Å². The number of fused-ring (bicyclic) bond motifs is 1. The van der Waals surface area contributed by atoms with Crippen LogP contribution in [0.1, 0.15) is 12.1 Å². The number of aromatic nitrogens is 5. The molecule has 4 heterocycles. The molecule has 0 aliphatic carbocycles. The van der Waals surface area contributed by atoms with Gasteiger partial charge in [-0.05, 0) is 12.1 Å². The molecule has 1 amide bonds. The van der Waals surface area contributed by atoms with Crippen LogP contribution >= 0.6 is 0 Å². The van der Waals surface area contributed by atoms with Gasteiger partial charge in [-0.3, -0.25) is 9.52 Å². The molecule has 164 valence electrons. The monoisotopic (exact) mass is 452 g/mol. The Kier molecular flexibility index (Phi) is 5.49. The number of anilines is 1. The highest BCUT2D eigenvalue weighted by atomic mass is 32.2. The molecule has 4 rings (SSSR count). The van der Waals surface area contributed by atoms with Crippen molar-refractivity contribution in [3.05, 3.63) is 36.4 Å². The zero-order valence-electron chi connectivity index (χ0n) is 16.2. The first-order valence-corrected chi connectivity index (χ1v) is 11.1. The number of nitrogens with one attached hydrogen (secondary N) is 2. The second kappa shape index (κ2) is 8.11. The summed E-state index contributed by atoms with van der Waals surface area (Å²) < 4.78 is 52.0. The largest absolute Gasteiger partial charge is 0.353 e. The van der Waals surface area contributed by atoms with Gasteiger partial charge in [0.15, 0.2) is 5.65 Å². The number of sulfonamides is 1. The lowest BCUT2D eigenvalue weighted by Crippen LogP contribution is -2.58. The molecule has 3 aromatic rings. The number of imidazole rings is 1. The second-order valence-corrected chi connectivity index (χ2v) is 8.67. The fraction of sp³-hybridized carbons (Fsp3) is 0.353. The van der Waals surface area contributed by atoms with E-state index in [4.69, 9.17) is 0 Å². The van der Waals surface area contributed by atoms with Gasteiger partial charge in [-0.1, -0.05) is 0 Å². The highest BCUT2D eigenvalue weighted by Gasteiger charge is 2.28. The molecular weight excluding hydrogens is 434 g/mol. The summed E-state index contributed by atoms with van der Waals surface area (Å²) in [5.41, 5.74) is 0.817. The maximum atomic E-state index is 13.0. The van der Waals surface area contributed by atoms with Crippen LogP contribution in [0, 0.1) is 0 Å². The van der Waals surface area contributed by atoms with Gasteiger partial charge in [-0.25, -0.2) is 36.7 Å². The Morgan fingerprint density at radius 2 is 2.10 bits per heavy atom. The quantitative estimate of drug-likeness (QED) is 0.547. The molecule has 1 aliphatic rings. The van der Waals surface area contributed by atoms with Crippen molar-refractivity contribution >= 4 is 27.4 Å². The number of amides is 1. The van der Waals surface area contributed by atoms with Crippen LogP contribution in [0.25, 0.3) is 17.0 Å². The molecule has 14 heteroatoms. The van der Waals surface area contributed by atoms with E-state index in [1.807, 2.05) is 4.72 Å². The minimum Gasteiger partial charge on any atom is -0.353 e. The van der Waals surface area contributed by atoms with E-state index in [2.05, 4.69) is 25.4 Å². The molecule has 1 aliphatic heterocycles. The molecule has 11 nitrogen and oxygen atoms in total. The summed E-state index contributed by atoms with van der Waals surface area (Å²) in [6.07, 6.45) is 0.973. The number of halogens is 2. The predicted octanol–water partition coefficient (Wildman–Crippen LogP) is -0.0221. The molecular formula is C17H18F2N8O3S. The number of alkyl halides is 2. The summed E-state index contributed by atoms with van der Waals surface area (Å²) in [7, 11) is -3.68. The van der Waals surface area contributed by atoms with Gasteiger partial charge in [-0.2, -0.15) is 5.10 Å². The fourth-order valence-corrected chi connectivity index (χ4v) is 3.73. The van der Waals surface area contributed by atoms with Crippen LogP contribution in [0.5, 0.6) is 0 Å². The van der Waals surface area contributed by atoms with Crippen molar-refractivity contribution in [2.24, 2.45) is 0 Å². The van der Waals surface area contributed by atoms with Gasteiger partial charge in [0.05, 0.1) is 18.1 Å². The molecule has 1 atom stereocenters. The molecule has 1 fully saturated rings. The average molecular weight is 452 g/mol. The number of carbonyl (C=O) groups excluding carboxylic acids is 1. The Bertz CT molecular complexity index is 1230. The summed E-state index contributed by atoms with van der Waals surface area (Å²) in [6.45, 7) is 1.12. The van der Waals surface area contributed by atoms with Crippen molar-refractivity contribution in [1.29, 1.82) is 0 Å². The first-order chi connectivity index (χ1) is 14.7. The van der Waals surface area contributed by atoms with E-state index in [1.54, 1.807) is 11.0 Å². The van der Waals surface area contributed by atoms with Crippen molar-refractivity contribution < 1.29 is 22.0 Å². The Morgan fingerprint density at radius 3 is 2.84 bits per heavy atom. The number of nitrogens with zero attached hydrogens (tertiary/aromatic N) is 6. The normalized spacial score (nSPS) is 17.3. The lowest BCUT2D eigenvalue weighted by atomic mass is 10.2. The topological polar surface area (TPSA) is 134 Å².